The summed E-state index contributed by atoms with van der Waals surface area (Å²) in [7, 11) is 0. The lowest BCUT2D eigenvalue weighted by molar-refractivity contribution is 0.0703. The van der Waals surface area contributed by atoms with E-state index >= 15 is 0 Å². The van der Waals surface area contributed by atoms with Crippen LogP contribution in [0.1, 0.15) is 32.5 Å². The minimum absolute atomic E-state index is 0.316. The lowest BCUT2D eigenvalue weighted by atomic mass is 9.93. The van der Waals surface area contributed by atoms with Gasteiger partial charge < -0.3 is 10.2 Å². The molecule has 0 bridgehead atoms. The molecule has 0 radical (unpaired) electrons. The van der Waals surface area contributed by atoms with Gasteiger partial charge in [0.1, 0.15) is 4.88 Å². The van der Waals surface area contributed by atoms with Crippen LogP contribution >= 0.6 is 11.3 Å². The molecule has 2 N–H and O–H groups in total. The van der Waals surface area contributed by atoms with E-state index in [1.54, 1.807) is 6.08 Å². The van der Waals surface area contributed by atoms with E-state index < -0.39 is 12.1 Å². The second kappa shape index (κ2) is 5.74. The van der Waals surface area contributed by atoms with Crippen LogP contribution in [0.4, 0.5) is 0 Å². The van der Waals surface area contributed by atoms with E-state index in [0.29, 0.717) is 10.4 Å². The van der Waals surface area contributed by atoms with Crippen molar-refractivity contribution < 1.29 is 15.0 Å². The number of hydrogen-bond donors (Lipinski definition) is 2. The van der Waals surface area contributed by atoms with Crippen molar-refractivity contribution >= 4 is 22.9 Å². The van der Waals surface area contributed by atoms with Crippen LogP contribution in [-0.4, -0.2) is 16.2 Å². The number of fused-ring (bicyclic) bond motifs is 1. The van der Waals surface area contributed by atoms with Crippen molar-refractivity contribution in [2.24, 2.45) is 0 Å². The van der Waals surface area contributed by atoms with Crippen LogP contribution in [0.25, 0.3) is 16.7 Å². The molecule has 1 heterocycles. The van der Waals surface area contributed by atoms with Gasteiger partial charge in [-0.05, 0) is 28.3 Å². The first-order chi connectivity index (χ1) is 11.7. The van der Waals surface area contributed by atoms with Gasteiger partial charge >= 0.3 is 5.97 Å². The number of aliphatic hydroxyl groups is 1. The number of benzene rings is 2. The maximum Gasteiger partial charge on any atom is 0.346 e. The van der Waals surface area contributed by atoms with Gasteiger partial charge in [0.15, 0.2) is 0 Å². The van der Waals surface area contributed by atoms with E-state index in [4.69, 9.17) is 0 Å². The predicted molar refractivity (Wildman–Crippen MR) is 95.2 cm³/mol. The first-order valence-electron chi connectivity index (χ1n) is 7.56. The Balaban J connectivity index is 1.95. The third-order valence-corrected chi connectivity index (χ3v) is 5.20. The second-order valence-corrected chi connectivity index (χ2v) is 6.52. The van der Waals surface area contributed by atoms with Gasteiger partial charge in [-0.2, -0.15) is 0 Å². The van der Waals surface area contributed by atoms with E-state index in [1.165, 1.54) is 11.3 Å². The molecule has 1 atom stereocenters. The van der Waals surface area contributed by atoms with Crippen molar-refractivity contribution in [3.05, 3.63) is 87.6 Å². The highest BCUT2D eigenvalue weighted by molar-refractivity contribution is 7.12. The van der Waals surface area contributed by atoms with Crippen molar-refractivity contribution in [2.45, 2.75) is 6.10 Å². The minimum atomic E-state index is -0.933. The fraction of sp³-hybridized carbons (Fsp3) is 0.0500. The second-order valence-electron chi connectivity index (χ2n) is 5.64. The van der Waals surface area contributed by atoms with E-state index in [2.05, 4.69) is 0 Å². The molecule has 1 aromatic heterocycles. The van der Waals surface area contributed by atoms with E-state index in [9.17, 15) is 15.0 Å². The molecule has 4 rings (SSSR count). The molecule has 2 aromatic carbocycles. The highest BCUT2D eigenvalue weighted by atomic mass is 32.1. The van der Waals surface area contributed by atoms with Crippen LogP contribution in [0.5, 0.6) is 0 Å². The van der Waals surface area contributed by atoms with Crippen LogP contribution in [0.15, 0.2) is 66.1 Å². The zero-order chi connectivity index (χ0) is 16.7. The summed E-state index contributed by atoms with van der Waals surface area (Å²) >= 11 is 1.22. The van der Waals surface area contributed by atoms with Crippen LogP contribution in [0, 0.1) is 0 Å². The van der Waals surface area contributed by atoms with Crippen molar-refractivity contribution in [1.29, 1.82) is 0 Å². The normalized spacial score (nSPS) is 15.9. The molecular weight excluding hydrogens is 320 g/mol. The standard InChI is InChI=1S/C20H14O3S/c21-17-10-15(13-8-4-5-9-14(13)17)16-11-24-19(20(22)23)18(16)12-6-2-1-3-7-12/h1-11,17,21H,(H,22,23). The molecule has 118 valence electrons. The first-order valence-corrected chi connectivity index (χ1v) is 8.44. The lowest BCUT2D eigenvalue weighted by Crippen LogP contribution is -1.97. The molecule has 0 saturated carbocycles. The first kappa shape index (κ1) is 14.9. The Morgan fingerprint density at radius 2 is 1.67 bits per heavy atom. The average molecular weight is 334 g/mol. The van der Waals surface area contributed by atoms with Crippen LogP contribution in [0.3, 0.4) is 0 Å². The zero-order valence-corrected chi connectivity index (χ0v) is 13.5. The number of carboxylic acids is 1. The Morgan fingerprint density at radius 3 is 2.42 bits per heavy atom. The van der Waals surface area contributed by atoms with Crippen LogP contribution < -0.4 is 0 Å². The van der Waals surface area contributed by atoms with Gasteiger partial charge in [-0.15, -0.1) is 11.3 Å². The monoisotopic (exact) mass is 334 g/mol. The molecular formula is C20H14O3S. The number of hydrogen-bond acceptors (Lipinski definition) is 3. The summed E-state index contributed by atoms with van der Waals surface area (Å²) in [5, 5.41) is 21.7. The van der Waals surface area contributed by atoms with Crippen molar-refractivity contribution in [3.8, 4) is 11.1 Å². The Bertz CT molecular complexity index is 954. The number of aliphatic hydroxyl groups excluding tert-OH is 1. The molecule has 24 heavy (non-hydrogen) atoms. The zero-order valence-electron chi connectivity index (χ0n) is 12.6. The number of carboxylic acid groups (broad SMARTS) is 1. The summed E-state index contributed by atoms with van der Waals surface area (Å²) in [5.74, 6) is -0.933. The Morgan fingerprint density at radius 1 is 0.958 bits per heavy atom. The van der Waals surface area contributed by atoms with Gasteiger partial charge in [0.2, 0.25) is 0 Å². The van der Waals surface area contributed by atoms with E-state index in [0.717, 1.165) is 27.8 Å². The molecule has 1 aliphatic rings. The van der Waals surface area contributed by atoms with Crippen molar-refractivity contribution in [2.75, 3.05) is 0 Å². The number of rotatable bonds is 3. The van der Waals surface area contributed by atoms with Crippen molar-refractivity contribution in [3.63, 3.8) is 0 Å². The summed E-state index contributed by atoms with van der Waals surface area (Å²) in [5.41, 5.74) is 5.13. The molecule has 1 aliphatic carbocycles. The summed E-state index contributed by atoms with van der Waals surface area (Å²) in [6, 6.07) is 17.2. The maximum absolute atomic E-state index is 11.7. The summed E-state index contributed by atoms with van der Waals surface area (Å²) in [4.78, 5) is 12.0. The molecule has 4 heteroatoms. The quantitative estimate of drug-likeness (QED) is 0.736. The number of thiophene rings is 1. The van der Waals surface area contributed by atoms with Gasteiger partial charge in [-0.3, -0.25) is 0 Å². The van der Waals surface area contributed by atoms with Gasteiger partial charge in [0.25, 0.3) is 0 Å². The molecule has 0 spiro atoms. The molecule has 3 nitrogen and oxygen atoms in total. The van der Waals surface area contributed by atoms with Gasteiger partial charge in [-0.1, -0.05) is 54.6 Å². The SMILES string of the molecule is O=C(O)c1scc(C2=CC(O)c3ccccc32)c1-c1ccccc1. The van der Waals surface area contributed by atoms with Gasteiger partial charge in [0, 0.05) is 16.5 Å². The number of carbonyl (C=O) groups is 1. The molecule has 3 aromatic rings. The van der Waals surface area contributed by atoms with E-state index in [1.807, 2.05) is 60.0 Å². The summed E-state index contributed by atoms with van der Waals surface area (Å²) < 4.78 is 0. The van der Waals surface area contributed by atoms with Gasteiger partial charge in [-0.25, -0.2) is 4.79 Å². The molecule has 0 aliphatic heterocycles. The molecule has 0 amide bonds. The molecule has 0 saturated heterocycles. The molecule has 1 unspecified atom stereocenters. The summed E-state index contributed by atoms with van der Waals surface area (Å²) in [6.45, 7) is 0. The Labute approximate surface area is 143 Å². The fourth-order valence-electron chi connectivity index (χ4n) is 3.18. The smallest absolute Gasteiger partial charge is 0.346 e. The third-order valence-electron chi connectivity index (χ3n) is 4.23. The lowest BCUT2D eigenvalue weighted by Gasteiger charge is -2.09. The topological polar surface area (TPSA) is 57.5 Å². The Hall–Kier alpha value is -2.69. The number of aromatic carboxylic acids is 1. The maximum atomic E-state index is 11.7. The largest absolute Gasteiger partial charge is 0.477 e. The highest BCUT2D eigenvalue weighted by Gasteiger charge is 2.27. The third kappa shape index (κ3) is 2.28. The minimum Gasteiger partial charge on any atom is -0.477 e. The fourth-order valence-corrected chi connectivity index (χ4v) is 4.10. The van der Waals surface area contributed by atoms with Crippen LogP contribution in [-0.2, 0) is 0 Å². The Kier molecular flexibility index (Phi) is 3.56. The molecule has 0 fully saturated rings. The van der Waals surface area contributed by atoms with Crippen LogP contribution in [0.2, 0.25) is 0 Å². The van der Waals surface area contributed by atoms with Gasteiger partial charge in [0.05, 0.1) is 6.10 Å². The predicted octanol–water partition coefficient (Wildman–Crippen LogP) is 4.59. The van der Waals surface area contributed by atoms with Crippen molar-refractivity contribution in [1.82, 2.24) is 0 Å². The average Bonchev–Trinajstić information content (AvgIpc) is 3.18. The highest BCUT2D eigenvalue weighted by Crippen LogP contribution is 2.44. The summed E-state index contributed by atoms with van der Waals surface area (Å²) in [6.07, 6.45) is 1.14. The van der Waals surface area contributed by atoms with E-state index in [-0.39, 0.29) is 0 Å².